The standard InChI is InChI=1S/C10H19N5O3S/c1-14-8-11-13-10(14)6-12-19(17,18)15-4-2-9(7-16)3-5-15/h8-9,12,16H,2-7H2,1H3. The number of nitrogens with zero attached hydrogens (tertiary/aromatic N) is 4. The summed E-state index contributed by atoms with van der Waals surface area (Å²) in [7, 11) is -1.73. The van der Waals surface area contributed by atoms with Crippen molar-refractivity contribution in [1.29, 1.82) is 0 Å². The molecule has 1 fully saturated rings. The summed E-state index contributed by atoms with van der Waals surface area (Å²) in [6.45, 7) is 1.14. The van der Waals surface area contributed by atoms with Crippen molar-refractivity contribution in [3.8, 4) is 0 Å². The maximum Gasteiger partial charge on any atom is 0.279 e. The third-order valence-corrected chi connectivity index (χ3v) is 4.94. The number of aliphatic hydroxyl groups excluding tert-OH is 1. The molecule has 2 heterocycles. The van der Waals surface area contributed by atoms with E-state index in [9.17, 15) is 8.42 Å². The Morgan fingerprint density at radius 3 is 2.68 bits per heavy atom. The molecule has 0 unspecified atom stereocenters. The second-order valence-corrected chi connectivity index (χ2v) is 6.46. The second-order valence-electron chi connectivity index (χ2n) is 4.71. The van der Waals surface area contributed by atoms with Gasteiger partial charge in [0.1, 0.15) is 12.2 Å². The lowest BCUT2D eigenvalue weighted by Gasteiger charge is -2.30. The Bertz CT molecular complexity index is 507. The molecule has 1 saturated heterocycles. The van der Waals surface area contributed by atoms with Crippen LogP contribution in [-0.2, 0) is 23.8 Å². The SMILES string of the molecule is Cn1cnnc1CNS(=O)(=O)N1CCC(CO)CC1. The molecule has 2 rings (SSSR count). The minimum absolute atomic E-state index is 0.124. The van der Waals surface area contributed by atoms with Gasteiger partial charge in [-0.15, -0.1) is 10.2 Å². The van der Waals surface area contributed by atoms with Gasteiger partial charge in [0.2, 0.25) is 0 Å². The zero-order valence-electron chi connectivity index (χ0n) is 10.9. The molecule has 0 aromatic carbocycles. The lowest BCUT2D eigenvalue weighted by atomic mass is 10.00. The number of aromatic nitrogens is 3. The van der Waals surface area contributed by atoms with Gasteiger partial charge in [0.15, 0.2) is 0 Å². The highest BCUT2D eigenvalue weighted by Crippen LogP contribution is 2.18. The molecule has 1 aliphatic rings. The predicted octanol–water partition coefficient (Wildman–Crippen LogP) is -1.15. The van der Waals surface area contributed by atoms with Crippen LogP contribution in [0.25, 0.3) is 0 Å². The normalized spacial score (nSPS) is 18.8. The zero-order chi connectivity index (χ0) is 13.9. The van der Waals surface area contributed by atoms with Gasteiger partial charge in [0.25, 0.3) is 10.2 Å². The fraction of sp³-hybridized carbons (Fsp3) is 0.800. The summed E-state index contributed by atoms with van der Waals surface area (Å²) >= 11 is 0. The molecule has 0 saturated carbocycles. The summed E-state index contributed by atoms with van der Waals surface area (Å²) < 4.78 is 29.8. The molecule has 0 spiro atoms. The number of hydrogen-bond donors (Lipinski definition) is 2. The first-order valence-corrected chi connectivity index (χ1v) is 7.65. The zero-order valence-corrected chi connectivity index (χ0v) is 11.7. The van der Waals surface area contributed by atoms with E-state index in [0.717, 1.165) is 0 Å². The third-order valence-electron chi connectivity index (χ3n) is 3.39. The van der Waals surface area contributed by atoms with Crippen LogP contribution in [0.2, 0.25) is 0 Å². The number of aliphatic hydroxyl groups is 1. The van der Waals surface area contributed by atoms with Crippen molar-refractivity contribution in [3.05, 3.63) is 12.2 Å². The summed E-state index contributed by atoms with van der Waals surface area (Å²) in [5, 5.41) is 16.6. The van der Waals surface area contributed by atoms with E-state index in [4.69, 9.17) is 5.11 Å². The third kappa shape index (κ3) is 3.50. The number of hydrogen-bond acceptors (Lipinski definition) is 5. The van der Waals surface area contributed by atoms with Crippen LogP contribution in [0.4, 0.5) is 0 Å². The van der Waals surface area contributed by atoms with E-state index < -0.39 is 10.2 Å². The Morgan fingerprint density at radius 2 is 2.16 bits per heavy atom. The van der Waals surface area contributed by atoms with E-state index in [1.165, 1.54) is 10.6 Å². The summed E-state index contributed by atoms with van der Waals surface area (Å²) in [6, 6.07) is 0. The van der Waals surface area contributed by atoms with Crippen LogP contribution < -0.4 is 4.72 Å². The van der Waals surface area contributed by atoms with Crippen LogP contribution in [0.15, 0.2) is 6.33 Å². The monoisotopic (exact) mass is 289 g/mol. The van der Waals surface area contributed by atoms with Crippen LogP contribution in [0.1, 0.15) is 18.7 Å². The van der Waals surface area contributed by atoms with Crippen LogP contribution in [0.3, 0.4) is 0 Å². The molecule has 19 heavy (non-hydrogen) atoms. The molecular weight excluding hydrogens is 270 g/mol. The van der Waals surface area contributed by atoms with Crippen molar-refractivity contribution >= 4 is 10.2 Å². The Morgan fingerprint density at radius 1 is 1.47 bits per heavy atom. The van der Waals surface area contributed by atoms with Gasteiger partial charge in [-0.05, 0) is 18.8 Å². The van der Waals surface area contributed by atoms with Crippen LogP contribution in [0.5, 0.6) is 0 Å². The van der Waals surface area contributed by atoms with E-state index in [0.29, 0.717) is 31.8 Å². The van der Waals surface area contributed by atoms with Crippen molar-refractivity contribution in [2.24, 2.45) is 13.0 Å². The number of rotatable bonds is 5. The van der Waals surface area contributed by atoms with Gasteiger partial charge in [-0.25, -0.2) is 0 Å². The minimum atomic E-state index is -3.49. The van der Waals surface area contributed by atoms with Gasteiger partial charge in [-0.3, -0.25) is 0 Å². The number of aryl methyl sites for hydroxylation is 1. The fourth-order valence-electron chi connectivity index (χ4n) is 2.05. The average Bonchev–Trinajstić information content (AvgIpc) is 2.82. The largest absolute Gasteiger partial charge is 0.396 e. The first-order valence-electron chi connectivity index (χ1n) is 6.21. The van der Waals surface area contributed by atoms with Crippen molar-refractivity contribution in [1.82, 2.24) is 23.8 Å². The minimum Gasteiger partial charge on any atom is -0.396 e. The molecule has 0 aliphatic carbocycles. The Labute approximate surface area is 112 Å². The first kappa shape index (κ1) is 14.4. The summed E-state index contributed by atoms with van der Waals surface area (Å²) in [6.07, 6.45) is 2.92. The highest BCUT2D eigenvalue weighted by Gasteiger charge is 2.27. The van der Waals surface area contributed by atoms with Crippen LogP contribution in [-0.4, -0.2) is 52.3 Å². The lowest BCUT2D eigenvalue weighted by Crippen LogP contribution is -2.45. The molecule has 0 atom stereocenters. The molecule has 9 heteroatoms. The molecule has 0 radical (unpaired) electrons. The van der Waals surface area contributed by atoms with E-state index in [2.05, 4.69) is 14.9 Å². The predicted molar refractivity (Wildman–Crippen MR) is 68.1 cm³/mol. The van der Waals surface area contributed by atoms with Crippen molar-refractivity contribution in [2.75, 3.05) is 19.7 Å². The fourth-order valence-corrected chi connectivity index (χ4v) is 3.23. The quantitative estimate of drug-likeness (QED) is 0.713. The van der Waals surface area contributed by atoms with E-state index in [-0.39, 0.29) is 19.1 Å². The Balaban J connectivity index is 1.90. The van der Waals surface area contributed by atoms with Gasteiger partial charge in [0.05, 0.1) is 6.54 Å². The van der Waals surface area contributed by atoms with Crippen molar-refractivity contribution in [3.63, 3.8) is 0 Å². The summed E-state index contributed by atoms with van der Waals surface area (Å²) in [4.78, 5) is 0. The average molecular weight is 289 g/mol. The maximum atomic E-state index is 12.1. The topological polar surface area (TPSA) is 100 Å². The molecule has 0 amide bonds. The van der Waals surface area contributed by atoms with E-state index in [1.807, 2.05) is 0 Å². The molecule has 0 bridgehead atoms. The molecule has 1 aromatic heterocycles. The van der Waals surface area contributed by atoms with Gasteiger partial charge >= 0.3 is 0 Å². The van der Waals surface area contributed by atoms with Crippen molar-refractivity contribution < 1.29 is 13.5 Å². The second kappa shape index (κ2) is 5.95. The first-order chi connectivity index (χ1) is 9.03. The number of nitrogens with one attached hydrogen (secondary N) is 1. The molecule has 108 valence electrons. The number of piperidine rings is 1. The van der Waals surface area contributed by atoms with Gasteiger partial charge in [-0.2, -0.15) is 17.4 Å². The highest BCUT2D eigenvalue weighted by atomic mass is 32.2. The van der Waals surface area contributed by atoms with Gasteiger partial charge in [-0.1, -0.05) is 0 Å². The van der Waals surface area contributed by atoms with Crippen LogP contribution in [0, 0.1) is 5.92 Å². The molecule has 8 nitrogen and oxygen atoms in total. The van der Waals surface area contributed by atoms with E-state index in [1.54, 1.807) is 11.6 Å². The maximum absolute atomic E-state index is 12.1. The highest BCUT2D eigenvalue weighted by molar-refractivity contribution is 7.87. The molecule has 1 aliphatic heterocycles. The Hall–Kier alpha value is -1.03. The Kier molecular flexibility index (Phi) is 4.50. The van der Waals surface area contributed by atoms with Gasteiger partial charge in [0, 0.05) is 26.7 Å². The lowest BCUT2D eigenvalue weighted by molar-refractivity contribution is 0.169. The van der Waals surface area contributed by atoms with E-state index >= 15 is 0 Å². The smallest absolute Gasteiger partial charge is 0.279 e. The molecule has 1 aromatic rings. The molecule has 2 N–H and O–H groups in total. The van der Waals surface area contributed by atoms with Crippen LogP contribution >= 0.6 is 0 Å². The molecular formula is C10H19N5O3S. The van der Waals surface area contributed by atoms with Gasteiger partial charge < -0.3 is 9.67 Å². The summed E-state index contributed by atoms with van der Waals surface area (Å²) in [5.74, 6) is 0.777. The summed E-state index contributed by atoms with van der Waals surface area (Å²) in [5.41, 5.74) is 0. The van der Waals surface area contributed by atoms with Crippen molar-refractivity contribution in [2.45, 2.75) is 19.4 Å².